The maximum absolute atomic E-state index is 14.4. The number of esters is 1. The molecule has 28 heteroatoms. The number of likely N-dealkylation sites (N-methyl/N-ethyl adjacent to an activating group) is 1. The molecule has 0 radical (unpaired) electrons. The molecule has 1 aromatic carbocycles. The number of cyclic esters (lactones) is 1. The molecular formula is C60H99N13O15. The fourth-order valence-corrected chi connectivity index (χ4v) is 10.0. The molecule has 1 spiro atoms. The minimum absolute atomic E-state index is 0.0468. The van der Waals surface area contributed by atoms with Crippen molar-refractivity contribution < 1.29 is 72.5 Å². The van der Waals surface area contributed by atoms with Crippen LogP contribution < -0.4 is 69.5 Å². The lowest BCUT2D eigenvalue weighted by Crippen LogP contribution is -2.63. The lowest BCUT2D eigenvalue weighted by molar-refractivity contribution is -0.157. The molecule has 0 aromatic heterocycles. The molecule has 88 heavy (non-hydrogen) atoms. The van der Waals surface area contributed by atoms with E-state index in [1.165, 1.54) is 20.8 Å². The van der Waals surface area contributed by atoms with Crippen LogP contribution in [0.1, 0.15) is 133 Å². The van der Waals surface area contributed by atoms with Gasteiger partial charge in [0.1, 0.15) is 66.0 Å². The van der Waals surface area contributed by atoms with Crippen molar-refractivity contribution in [3.8, 4) is 0 Å². The van der Waals surface area contributed by atoms with E-state index in [4.69, 9.17) is 10.5 Å². The number of nitrogens with two attached hydrogens (primary N) is 1. The van der Waals surface area contributed by atoms with Crippen molar-refractivity contribution in [2.45, 2.75) is 206 Å². The molecule has 1 aliphatic carbocycles. The lowest BCUT2D eigenvalue weighted by atomic mass is 9.94. The first-order valence-electron chi connectivity index (χ1n) is 30.8. The Balaban J connectivity index is 1.83. The number of benzene rings is 1. The molecule has 2 unspecified atom stereocenters. The number of nitrogens with one attached hydrogen (secondary N) is 12. The molecule has 1 aromatic rings. The summed E-state index contributed by atoms with van der Waals surface area (Å²) in [6.07, 6.45) is 0.909. The highest BCUT2D eigenvalue weighted by Gasteiger charge is 2.61. The summed E-state index contributed by atoms with van der Waals surface area (Å²) in [5.41, 5.74) is 5.22. The van der Waals surface area contributed by atoms with Crippen molar-refractivity contribution >= 4 is 70.9 Å². The number of hydrogen-bond donors (Lipinski definition) is 15. The third kappa shape index (κ3) is 21.5. The molecular weight excluding hydrogens is 1140 g/mol. The predicted molar refractivity (Wildman–Crippen MR) is 324 cm³/mol. The fraction of sp³-hybridized carbons (Fsp3) is 0.700. The van der Waals surface area contributed by atoms with Crippen LogP contribution in [0.15, 0.2) is 30.3 Å². The standard InChI is InChI=1S/C60H99N13O15/c1-13-31(5)44(69-51(79)41(62-12)27-38-21-18-17-19-22-38)54(82)66-42(29-74)52(80)65-40(23-20-25-61)50(78)68-46(33(7)15-3)56(84)70-45(32(6)14-2)55(83)67-43(30-75)53(81)71-48-36(10)88-58(86)47(34(8)16-4)72-59(87)60(28-39(60)24-26-63-37(11)76)73-49(77)35(9)64-57(48)85/h17-19,21-22,31-36,39-48,62,74-75H,13-16,20,23-30,61H2,1-12H3,(H,63,76)(H,64,85)(H,65,80)(H,66,82)(H,67,83)(H,68,78)(H,69,79)(H,70,84)(H,71,81)(H,72,87)(H,73,77)/t31-,32-,33-,34-,35-,36-,39?,40+,41+,42-,43-,44-,45-,46+,47-,48+,60?/m0/s1. The average Bonchev–Trinajstić information content (AvgIpc) is 1.62. The van der Waals surface area contributed by atoms with Crippen LogP contribution in [0.25, 0.3) is 0 Å². The van der Waals surface area contributed by atoms with E-state index in [0.29, 0.717) is 32.1 Å². The summed E-state index contributed by atoms with van der Waals surface area (Å²) < 4.78 is 5.76. The van der Waals surface area contributed by atoms with E-state index in [2.05, 4.69) is 63.8 Å². The van der Waals surface area contributed by atoms with Gasteiger partial charge < -0.3 is 84.5 Å². The van der Waals surface area contributed by atoms with E-state index in [1.807, 2.05) is 37.3 Å². The minimum Gasteiger partial charge on any atom is -0.458 e. The molecule has 0 bridgehead atoms. The van der Waals surface area contributed by atoms with Gasteiger partial charge in [-0.2, -0.15) is 0 Å². The molecule has 2 fully saturated rings. The minimum atomic E-state index is -1.80. The number of hydrogen-bond acceptors (Lipinski definition) is 17. The Morgan fingerprint density at radius 1 is 0.659 bits per heavy atom. The molecule has 11 amide bonds. The highest BCUT2D eigenvalue weighted by Crippen LogP contribution is 2.46. The number of rotatable bonds is 33. The van der Waals surface area contributed by atoms with E-state index in [0.717, 1.165) is 5.56 Å². The van der Waals surface area contributed by atoms with Gasteiger partial charge >= 0.3 is 5.97 Å². The zero-order valence-corrected chi connectivity index (χ0v) is 53.1. The number of ether oxygens (including phenoxy) is 1. The number of carbonyl (C=O) groups is 12. The lowest BCUT2D eigenvalue weighted by Gasteiger charge is -2.31. The van der Waals surface area contributed by atoms with E-state index in [1.54, 1.807) is 55.5 Å². The van der Waals surface area contributed by atoms with Gasteiger partial charge in [0.05, 0.1) is 19.3 Å². The second-order valence-corrected chi connectivity index (χ2v) is 23.5. The van der Waals surface area contributed by atoms with Gasteiger partial charge in [0.15, 0.2) is 0 Å². The summed E-state index contributed by atoms with van der Waals surface area (Å²) in [6, 6.07) is -4.46. The van der Waals surface area contributed by atoms with E-state index in [9.17, 15) is 67.7 Å². The van der Waals surface area contributed by atoms with E-state index in [-0.39, 0.29) is 44.7 Å². The van der Waals surface area contributed by atoms with Crippen LogP contribution in [0.2, 0.25) is 0 Å². The summed E-state index contributed by atoms with van der Waals surface area (Å²) in [6.45, 7) is 16.1. The highest BCUT2D eigenvalue weighted by molar-refractivity contribution is 6.01. The van der Waals surface area contributed by atoms with Crippen molar-refractivity contribution in [2.75, 3.05) is 33.4 Å². The average molecular weight is 1240 g/mol. The van der Waals surface area contributed by atoms with E-state index >= 15 is 0 Å². The molecule has 1 saturated carbocycles. The Kier molecular flexibility index (Phi) is 30.9. The van der Waals surface area contributed by atoms with Crippen molar-refractivity contribution in [3.63, 3.8) is 0 Å². The number of carbonyl (C=O) groups excluding carboxylic acids is 12. The van der Waals surface area contributed by atoms with Crippen molar-refractivity contribution in [1.29, 1.82) is 0 Å². The fourth-order valence-electron chi connectivity index (χ4n) is 10.0. The van der Waals surface area contributed by atoms with Gasteiger partial charge in [-0.3, -0.25) is 52.7 Å². The third-order valence-corrected chi connectivity index (χ3v) is 16.9. The maximum Gasteiger partial charge on any atom is 0.329 e. The first kappa shape index (κ1) is 75.0. The third-order valence-electron chi connectivity index (χ3n) is 16.9. The topological polar surface area (TPSA) is 425 Å². The predicted octanol–water partition coefficient (Wildman–Crippen LogP) is -2.55. The Morgan fingerprint density at radius 2 is 1.15 bits per heavy atom. The van der Waals surface area contributed by atoms with Crippen LogP contribution in [0.3, 0.4) is 0 Å². The van der Waals surface area contributed by atoms with E-state index < -0.39 is 180 Å². The summed E-state index contributed by atoms with van der Waals surface area (Å²) >= 11 is 0. The molecule has 28 nitrogen and oxygen atoms in total. The van der Waals surface area contributed by atoms with Crippen LogP contribution >= 0.6 is 0 Å². The number of amides is 11. The molecule has 16 N–H and O–H groups in total. The zero-order valence-electron chi connectivity index (χ0n) is 53.1. The van der Waals surface area contributed by atoms with Crippen LogP contribution in [0, 0.1) is 29.6 Å². The molecule has 2 aliphatic rings. The SMILES string of the molecule is CC[C@H](C)[C@H](NC(=O)[C@@H](Cc1ccccc1)NC)C(=O)N[C@@H](CO)C(=O)N[C@H](CCCN)C(=O)N[C@@H](C(=O)N[C@H](C(=O)N[C@@H](CO)C(=O)N[C@H]1C(=O)N[C@@H](C)C(=O)NC2(CC2CCNC(C)=O)C(=O)N[C@@H]([C@@H](C)CC)C(=O)O[C@H]1C)[C@@H](C)CC)[C@@H](C)CC. The van der Waals surface area contributed by atoms with Crippen LogP contribution in [-0.2, 0) is 68.7 Å². The van der Waals surface area contributed by atoms with Gasteiger partial charge in [0.25, 0.3) is 0 Å². The molecule has 1 saturated heterocycles. The maximum atomic E-state index is 14.4. The summed E-state index contributed by atoms with van der Waals surface area (Å²) in [5, 5.41) is 52.7. The van der Waals surface area contributed by atoms with Crippen molar-refractivity contribution in [2.24, 2.45) is 35.3 Å². The first-order chi connectivity index (χ1) is 41.6. The van der Waals surface area contributed by atoms with Crippen molar-refractivity contribution in [1.82, 2.24) is 63.8 Å². The normalized spacial score (nSPS) is 23.3. The summed E-state index contributed by atoms with van der Waals surface area (Å²) in [5.74, 6) is -12.3. The van der Waals surface area contributed by atoms with Crippen molar-refractivity contribution in [3.05, 3.63) is 35.9 Å². The molecule has 3 rings (SSSR count). The second kappa shape index (κ2) is 36.2. The van der Waals surface area contributed by atoms with Gasteiger partial charge in [-0.25, -0.2) is 4.79 Å². The Morgan fingerprint density at radius 3 is 1.64 bits per heavy atom. The Labute approximate surface area is 516 Å². The molecule has 1 heterocycles. The smallest absolute Gasteiger partial charge is 0.329 e. The zero-order chi connectivity index (χ0) is 66.2. The molecule has 17 atom stereocenters. The summed E-state index contributed by atoms with van der Waals surface area (Å²) in [7, 11) is 1.62. The Hall–Kier alpha value is -7.30. The first-order valence-corrected chi connectivity index (χ1v) is 30.8. The van der Waals surface area contributed by atoms with Gasteiger partial charge in [-0.05, 0) is 94.7 Å². The quantitative estimate of drug-likeness (QED) is 0.0322. The monoisotopic (exact) mass is 1240 g/mol. The summed E-state index contributed by atoms with van der Waals surface area (Å²) in [4.78, 5) is 166. The molecule has 494 valence electrons. The van der Waals surface area contributed by atoms with Gasteiger partial charge in [-0.1, -0.05) is 111 Å². The second-order valence-electron chi connectivity index (χ2n) is 23.5. The van der Waals surface area contributed by atoms with Crippen LogP contribution in [0.4, 0.5) is 0 Å². The molecule has 1 aliphatic heterocycles. The Bertz CT molecular complexity index is 2560. The van der Waals surface area contributed by atoms with Gasteiger partial charge in [0.2, 0.25) is 65.0 Å². The van der Waals surface area contributed by atoms with Gasteiger partial charge in [0, 0.05) is 13.5 Å². The largest absolute Gasteiger partial charge is 0.458 e. The van der Waals surface area contributed by atoms with Crippen LogP contribution in [0.5, 0.6) is 0 Å². The number of aliphatic hydroxyl groups is 2. The van der Waals surface area contributed by atoms with Crippen LogP contribution in [-0.4, -0.2) is 187 Å². The number of aliphatic hydroxyl groups excluding tert-OH is 2. The van der Waals surface area contributed by atoms with Gasteiger partial charge in [-0.15, -0.1) is 0 Å². The highest BCUT2D eigenvalue weighted by atomic mass is 16.5.